The zero-order valence-electron chi connectivity index (χ0n) is 23.9. The van der Waals surface area contributed by atoms with E-state index in [0.717, 1.165) is 23.5 Å². The number of benzene rings is 1. The number of phenolic OH excluding ortho intramolecular Hbond substituents is 1. The predicted octanol–water partition coefficient (Wildman–Crippen LogP) is 1.71. The van der Waals surface area contributed by atoms with Crippen LogP contribution in [0.3, 0.4) is 0 Å². The van der Waals surface area contributed by atoms with Gasteiger partial charge in [-0.1, -0.05) is 6.08 Å². The number of phenols is 1. The number of aliphatic hydroxyl groups is 3. The minimum absolute atomic E-state index is 0.0489. The number of allylic oxidation sites excluding steroid dienone is 2. The molecule has 0 radical (unpaired) electrons. The summed E-state index contributed by atoms with van der Waals surface area (Å²) in [6.07, 6.45) is 4.11. The molecule has 1 saturated carbocycles. The van der Waals surface area contributed by atoms with Crippen molar-refractivity contribution in [3.05, 3.63) is 51.4 Å². The third-order valence-electron chi connectivity index (χ3n) is 8.91. The van der Waals surface area contributed by atoms with Crippen molar-refractivity contribution in [3.8, 4) is 5.75 Å². The molecule has 1 aromatic carbocycles. The summed E-state index contributed by atoms with van der Waals surface area (Å²) < 4.78 is 0. The van der Waals surface area contributed by atoms with Gasteiger partial charge in [-0.25, -0.2) is 0 Å². The molecule has 1 unspecified atom stereocenters. The van der Waals surface area contributed by atoms with Gasteiger partial charge in [0.25, 0.3) is 5.91 Å². The molecule has 41 heavy (non-hydrogen) atoms. The van der Waals surface area contributed by atoms with Gasteiger partial charge in [0, 0.05) is 49.1 Å². The first-order valence-electron chi connectivity index (χ1n) is 13.6. The lowest BCUT2D eigenvalue weighted by Gasteiger charge is -2.50. The van der Waals surface area contributed by atoms with E-state index in [1.807, 2.05) is 38.1 Å². The Morgan fingerprint density at radius 1 is 1.15 bits per heavy atom. The first kappa shape index (κ1) is 28.6. The number of nitrogens with two attached hydrogens (primary N) is 1. The average Bonchev–Trinajstić information content (AvgIpc) is 3.30. The Hall–Kier alpha value is -3.96. The molecule has 11 heteroatoms. The van der Waals surface area contributed by atoms with Gasteiger partial charge in [-0.15, -0.1) is 0 Å². The van der Waals surface area contributed by atoms with Crippen molar-refractivity contribution in [1.82, 2.24) is 4.90 Å². The number of likely N-dealkylation sites (N-methyl/N-ethyl adjacent to an activating group) is 1. The van der Waals surface area contributed by atoms with Crippen LogP contribution in [0.25, 0.3) is 5.76 Å². The zero-order valence-corrected chi connectivity index (χ0v) is 23.9. The molecule has 5 rings (SSSR count). The number of hydrogen-bond donors (Lipinski definition) is 5. The monoisotopic (exact) mass is 564 g/mol. The summed E-state index contributed by atoms with van der Waals surface area (Å²) in [5.41, 5.74) is 5.75. The Kier molecular flexibility index (Phi) is 6.86. The van der Waals surface area contributed by atoms with Gasteiger partial charge in [0.05, 0.1) is 11.6 Å². The highest BCUT2D eigenvalue weighted by molar-refractivity contribution is 6.24. The number of primary amides is 1. The second kappa shape index (κ2) is 9.85. The number of carbonyl (C=O) groups excluding carboxylic acids is 3. The number of anilines is 1. The van der Waals surface area contributed by atoms with Gasteiger partial charge >= 0.3 is 0 Å². The fraction of sp³-hybridized carbons (Fsp3) is 0.467. The molecule has 1 aromatic rings. The van der Waals surface area contributed by atoms with E-state index in [1.165, 1.54) is 4.90 Å². The van der Waals surface area contributed by atoms with Crippen molar-refractivity contribution >= 4 is 34.6 Å². The highest BCUT2D eigenvalue weighted by atomic mass is 16.3. The van der Waals surface area contributed by atoms with E-state index in [0.29, 0.717) is 24.0 Å². The van der Waals surface area contributed by atoms with Crippen LogP contribution in [0.5, 0.6) is 5.75 Å². The van der Waals surface area contributed by atoms with Crippen LogP contribution in [0.15, 0.2) is 39.7 Å². The van der Waals surface area contributed by atoms with Gasteiger partial charge in [-0.3, -0.25) is 24.3 Å². The number of aromatic hydroxyl groups is 1. The van der Waals surface area contributed by atoms with Crippen molar-refractivity contribution in [1.29, 1.82) is 0 Å². The first-order valence-corrected chi connectivity index (χ1v) is 13.6. The average molecular weight is 565 g/mol. The number of hydrogen-bond acceptors (Lipinski definition) is 10. The molecular formula is C30H36N4O7. The van der Waals surface area contributed by atoms with Crippen LogP contribution < -0.4 is 10.6 Å². The number of rotatable bonds is 6. The summed E-state index contributed by atoms with van der Waals surface area (Å²) in [4.78, 5) is 47.4. The van der Waals surface area contributed by atoms with Gasteiger partial charge in [-0.2, -0.15) is 0 Å². The summed E-state index contributed by atoms with van der Waals surface area (Å²) in [6.45, 7) is 1.93. The minimum Gasteiger partial charge on any atom is -0.508 e. The second-order valence-corrected chi connectivity index (χ2v) is 11.8. The fourth-order valence-corrected chi connectivity index (χ4v) is 6.98. The standard InChI is InChI=1S/C30H36N4O7/c1-13-6-8-16(32-13)9-7-14-12-19(33(2)3)17-10-15-11-18-23(34(4)5)26(37)22(29(31)40)28(39)30(18,41)27(38)20(15)25(36)21(17)24(14)35/h6,12,15,18,23,35-36,39,41H,7-11H2,1-5H3,(H2,31,40)/t15-,18-,23?,30-/m1/s1. The Bertz CT molecular complexity index is 1520. The third kappa shape index (κ3) is 4.17. The second-order valence-electron chi connectivity index (χ2n) is 11.8. The van der Waals surface area contributed by atoms with Crippen molar-refractivity contribution < 1.29 is 34.8 Å². The summed E-state index contributed by atoms with van der Waals surface area (Å²) >= 11 is 0. The molecule has 1 amide bonds. The molecule has 0 bridgehead atoms. The highest BCUT2D eigenvalue weighted by Gasteiger charge is 2.64. The number of aliphatic imine (C=N–C) groups is 1. The molecule has 1 heterocycles. The van der Waals surface area contributed by atoms with Crippen molar-refractivity contribution in [3.63, 3.8) is 0 Å². The summed E-state index contributed by atoms with van der Waals surface area (Å²) in [7, 11) is 6.85. The number of amides is 1. The molecule has 4 atom stereocenters. The quantitative estimate of drug-likeness (QED) is 0.322. The summed E-state index contributed by atoms with van der Waals surface area (Å²) in [5, 5.41) is 45.8. The molecule has 1 fully saturated rings. The van der Waals surface area contributed by atoms with Crippen molar-refractivity contribution in [2.75, 3.05) is 33.1 Å². The smallest absolute Gasteiger partial charge is 0.255 e. The number of fused-ring (bicyclic) bond motifs is 3. The SMILES string of the molecule is CC1=CCC(CCc2cc(N(C)C)c3c(c2O)C(O)=C2C(=O)[C@@]4(O)C(O)=C(C(N)=O)C(=O)C(N(C)C)[C@H]4C[C@H]2C3)=N1. The maximum Gasteiger partial charge on any atom is 0.255 e. The van der Waals surface area contributed by atoms with Crippen molar-refractivity contribution in [2.24, 2.45) is 22.6 Å². The van der Waals surface area contributed by atoms with E-state index in [1.54, 1.807) is 14.1 Å². The summed E-state index contributed by atoms with van der Waals surface area (Å²) in [5.74, 6) is -6.53. The largest absolute Gasteiger partial charge is 0.508 e. The molecule has 0 spiro atoms. The van der Waals surface area contributed by atoms with Crippen LogP contribution in [0.1, 0.15) is 42.9 Å². The van der Waals surface area contributed by atoms with E-state index < -0.39 is 58.0 Å². The molecule has 0 saturated heterocycles. The number of ketones is 2. The van der Waals surface area contributed by atoms with Crippen LogP contribution in [0, 0.1) is 11.8 Å². The number of aliphatic hydroxyl groups excluding tert-OH is 2. The van der Waals surface area contributed by atoms with Gasteiger partial charge in [0.1, 0.15) is 22.8 Å². The number of aryl methyl sites for hydroxylation is 1. The van der Waals surface area contributed by atoms with Crippen LogP contribution in [-0.4, -0.2) is 88.3 Å². The van der Waals surface area contributed by atoms with E-state index >= 15 is 0 Å². The number of carbonyl (C=O) groups is 3. The molecule has 4 aliphatic rings. The zero-order chi connectivity index (χ0) is 30.1. The highest BCUT2D eigenvalue weighted by Crippen LogP contribution is 2.54. The molecular weight excluding hydrogens is 528 g/mol. The lowest BCUT2D eigenvalue weighted by molar-refractivity contribution is -0.153. The Balaban J connectivity index is 1.66. The van der Waals surface area contributed by atoms with Crippen LogP contribution in [-0.2, 0) is 27.2 Å². The van der Waals surface area contributed by atoms with E-state index in [9.17, 15) is 34.8 Å². The predicted molar refractivity (Wildman–Crippen MR) is 153 cm³/mol. The Morgan fingerprint density at radius 2 is 1.83 bits per heavy atom. The molecule has 3 aliphatic carbocycles. The first-order chi connectivity index (χ1) is 19.2. The van der Waals surface area contributed by atoms with Gasteiger partial charge in [0.15, 0.2) is 11.4 Å². The topological polar surface area (TPSA) is 177 Å². The molecule has 1 aliphatic heterocycles. The van der Waals surface area contributed by atoms with Gasteiger partial charge in [-0.05, 0) is 69.8 Å². The van der Waals surface area contributed by atoms with Gasteiger partial charge < -0.3 is 31.1 Å². The fourth-order valence-electron chi connectivity index (χ4n) is 6.98. The van der Waals surface area contributed by atoms with Crippen LogP contribution >= 0.6 is 0 Å². The number of nitrogens with zero attached hydrogens (tertiary/aromatic N) is 3. The van der Waals surface area contributed by atoms with Gasteiger partial charge in [0.2, 0.25) is 5.78 Å². The molecule has 6 N–H and O–H groups in total. The van der Waals surface area contributed by atoms with E-state index in [-0.39, 0.29) is 29.7 Å². The van der Waals surface area contributed by atoms with E-state index in [4.69, 9.17) is 5.73 Å². The van der Waals surface area contributed by atoms with Crippen molar-refractivity contribution in [2.45, 2.75) is 50.7 Å². The minimum atomic E-state index is -2.66. The lowest BCUT2D eigenvalue weighted by atomic mass is 9.57. The Morgan fingerprint density at radius 3 is 2.39 bits per heavy atom. The van der Waals surface area contributed by atoms with E-state index in [2.05, 4.69) is 4.99 Å². The summed E-state index contributed by atoms with van der Waals surface area (Å²) in [6, 6.07) is 0.761. The Labute approximate surface area is 238 Å². The maximum atomic E-state index is 14.1. The lowest BCUT2D eigenvalue weighted by Crippen LogP contribution is -2.65. The van der Waals surface area contributed by atoms with Crippen LogP contribution in [0.2, 0.25) is 0 Å². The number of Topliss-reactive ketones (excluding diaryl/α,β-unsaturated/α-hetero) is 2. The molecule has 11 nitrogen and oxygen atoms in total. The molecule has 0 aromatic heterocycles. The van der Waals surface area contributed by atoms with Crippen LogP contribution in [0.4, 0.5) is 5.69 Å². The maximum absolute atomic E-state index is 14.1. The molecule has 218 valence electrons. The third-order valence-corrected chi connectivity index (χ3v) is 8.91. The normalized spacial score (nSPS) is 27.4.